The van der Waals surface area contributed by atoms with E-state index in [1.807, 2.05) is 47.4 Å². The summed E-state index contributed by atoms with van der Waals surface area (Å²) in [6.07, 6.45) is 3.17. The number of nitrogens with one attached hydrogen (secondary N) is 1. The number of carbonyl (C=O) groups excluding carboxylic acids is 1. The minimum Gasteiger partial charge on any atom is -0.365 e. The van der Waals surface area contributed by atoms with E-state index in [4.69, 9.17) is 0 Å². The Morgan fingerprint density at radius 2 is 1.96 bits per heavy atom. The molecule has 1 N–H and O–H groups in total. The molecule has 1 aliphatic rings. The van der Waals surface area contributed by atoms with Gasteiger partial charge in [0.05, 0.1) is 5.52 Å². The van der Waals surface area contributed by atoms with Gasteiger partial charge in [-0.2, -0.15) is 0 Å². The molecule has 126 valence electrons. The molecule has 0 atom stereocenters. The van der Waals surface area contributed by atoms with Gasteiger partial charge < -0.3 is 10.2 Å². The minimum absolute atomic E-state index is 0.212. The normalized spacial score (nSPS) is 14.3. The molecule has 2 heterocycles. The summed E-state index contributed by atoms with van der Waals surface area (Å²) in [6, 6.07) is 14.1. The van der Waals surface area contributed by atoms with E-state index < -0.39 is 0 Å². The van der Waals surface area contributed by atoms with Crippen molar-refractivity contribution in [3.8, 4) is 0 Å². The number of nitrogens with zero attached hydrogens (tertiary/aromatic N) is 3. The molecule has 0 aliphatic carbocycles. The van der Waals surface area contributed by atoms with Crippen molar-refractivity contribution in [2.24, 2.45) is 0 Å². The van der Waals surface area contributed by atoms with Crippen LogP contribution in [0.4, 0.5) is 11.5 Å². The van der Waals surface area contributed by atoms with Crippen LogP contribution in [0.15, 0.2) is 53.3 Å². The standard InChI is InChI=1S/C19H17BrN4O/c20-14-5-8-17-16(10-14)19(23-12-22-17)21-11-13-3-6-15(7-4-13)24-9-1-2-18(24)25/h3-8,10,12H,1-2,9,11H2,(H,21,22,23). The van der Waals surface area contributed by atoms with Gasteiger partial charge in [0.2, 0.25) is 5.91 Å². The second kappa shape index (κ2) is 6.80. The van der Waals surface area contributed by atoms with E-state index in [-0.39, 0.29) is 5.91 Å². The maximum atomic E-state index is 11.8. The molecule has 0 spiro atoms. The number of rotatable bonds is 4. The van der Waals surface area contributed by atoms with E-state index in [0.717, 1.165) is 45.4 Å². The van der Waals surface area contributed by atoms with Crippen LogP contribution in [0.2, 0.25) is 0 Å². The van der Waals surface area contributed by atoms with Crippen LogP contribution in [0.3, 0.4) is 0 Å². The van der Waals surface area contributed by atoms with Crippen molar-refractivity contribution in [1.82, 2.24) is 9.97 Å². The zero-order valence-electron chi connectivity index (χ0n) is 13.6. The van der Waals surface area contributed by atoms with Gasteiger partial charge in [0.25, 0.3) is 0 Å². The topological polar surface area (TPSA) is 58.1 Å². The fraction of sp³-hybridized carbons (Fsp3) is 0.211. The van der Waals surface area contributed by atoms with Gasteiger partial charge >= 0.3 is 0 Å². The number of hydrogen-bond acceptors (Lipinski definition) is 4. The Morgan fingerprint density at radius 1 is 1.12 bits per heavy atom. The monoisotopic (exact) mass is 396 g/mol. The van der Waals surface area contributed by atoms with Crippen LogP contribution < -0.4 is 10.2 Å². The van der Waals surface area contributed by atoms with Gasteiger partial charge in [0, 0.05) is 35.1 Å². The maximum Gasteiger partial charge on any atom is 0.227 e. The van der Waals surface area contributed by atoms with Gasteiger partial charge in [-0.05, 0) is 42.3 Å². The lowest BCUT2D eigenvalue weighted by Crippen LogP contribution is -2.23. The third-order valence-electron chi connectivity index (χ3n) is 4.38. The maximum absolute atomic E-state index is 11.8. The summed E-state index contributed by atoms with van der Waals surface area (Å²) in [5, 5.41) is 4.36. The number of benzene rings is 2. The molecule has 0 unspecified atom stereocenters. The molecule has 3 aromatic rings. The number of aromatic nitrogens is 2. The molecule has 2 aromatic carbocycles. The van der Waals surface area contributed by atoms with Gasteiger partial charge in [-0.1, -0.05) is 28.1 Å². The van der Waals surface area contributed by atoms with Crippen molar-refractivity contribution >= 4 is 44.2 Å². The first-order chi connectivity index (χ1) is 12.2. The van der Waals surface area contributed by atoms with Crippen LogP contribution in [0.5, 0.6) is 0 Å². The summed E-state index contributed by atoms with van der Waals surface area (Å²) in [6.45, 7) is 1.48. The van der Waals surface area contributed by atoms with Crippen molar-refractivity contribution in [1.29, 1.82) is 0 Å². The molecule has 1 fully saturated rings. The highest BCUT2D eigenvalue weighted by atomic mass is 79.9. The molecule has 1 amide bonds. The van der Waals surface area contributed by atoms with Crippen molar-refractivity contribution < 1.29 is 4.79 Å². The van der Waals surface area contributed by atoms with Gasteiger partial charge in [-0.3, -0.25) is 4.79 Å². The van der Waals surface area contributed by atoms with Gasteiger partial charge in [-0.25, -0.2) is 9.97 Å². The molecule has 5 nitrogen and oxygen atoms in total. The Labute approximate surface area is 154 Å². The Morgan fingerprint density at radius 3 is 2.72 bits per heavy atom. The predicted molar refractivity (Wildman–Crippen MR) is 103 cm³/mol. The summed E-state index contributed by atoms with van der Waals surface area (Å²) in [4.78, 5) is 22.3. The zero-order valence-corrected chi connectivity index (χ0v) is 15.2. The summed E-state index contributed by atoms with van der Waals surface area (Å²) in [7, 11) is 0. The van der Waals surface area contributed by atoms with E-state index in [1.165, 1.54) is 0 Å². The molecule has 4 rings (SSSR count). The smallest absolute Gasteiger partial charge is 0.227 e. The fourth-order valence-corrected chi connectivity index (χ4v) is 3.43. The third-order valence-corrected chi connectivity index (χ3v) is 4.87. The van der Waals surface area contributed by atoms with Crippen LogP contribution in [0, 0.1) is 0 Å². The van der Waals surface area contributed by atoms with Gasteiger partial charge in [-0.15, -0.1) is 0 Å². The Balaban J connectivity index is 1.50. The summed E-state index contributed by atoms with van der Waals surface area (Å²) in [5.41, 5.74) is 3.02. The van der Waals surface area contributed by atoms with E-state index in [2.05, 4.69) is 31.2 Å². The first-order valence-electron chi connectivity index (χ1n) is 8.24. The molecular formula is C19H17BrN4O. The zero-order chi connectivity index (χ0) is 17.2. The van der Waals surface area contributed by atoms with Crippen LogP contribution >= 0.6 is 15.9 Å². The highest BCUT2D eigenvalue weighted by Gasteiger charge is 2.21. The average molecular weight is 397 g/mol. The first-order valence-corrected chi connectivity index (χ1v) is 9.03. The second-order valence-electron chi connectivity index (χ2n) is 6.05. The number of halogens is 1. The van der Waals surface area contributed by atoms with Crippen molar-refractivity contribution in [2.45, 2.75) is 19.4 Å². The third kappa shape index (κ3) is 3.35. The highest BCUT2D eigenvalue weighted by Crippen LogP contribution is 2.25. The van der Waals surface area contributed by atoms with Gasteiger partial charge in [0.15, 0.2) is 0 Å². The molecular weight excluding hydrogens is 380 g/mol. The lowest BCUT2D eigenvalue weighted by Gasteiger charge is -2.16. The quantitative estimate of drug-likeness (QED) is 0.719. The average Bonchev–Trinajstić information content (AvgIpc) is 3.06. The number of carbonyl (C=O) groups is 1. The molecule has 25 heavy (non-hydrogen) atoms. The number of anilines is 2. The van der Waals surface area contributed by atoms with E-state index in [0.29, 0.717) is 13.0 Å². The van der Waals surface area contributed by atoms with E-state index in [9.17, 15) is 4.79 Å². The first kappa shape index (κ1) is 16.0. The van der Waals surface area contributed by atoms with Crippen LogP contribution in [0.25, 0.3) is 10.9 Å². The Bertz CT molecular complexity index is 926. The number of amides is 1. The molecule has 1 aliphatic heterocycles. The molecule has 1 saturated heterocycles. The minimum atomic E-state index is 0.212. The number of fused-ring (bicyclic) bond motifs is 1. The van der Waals surface area contributed by atoms with E-state index >= 15 is 0 Å². The van der Waals surface area contributed by atoms with Crippen molar-refractivity contribution in [3.05, 3.63) is 58.8 Å². The van der Waals surface area contributed by atoms with Crippen LogP contribution in [-0.4, -0.2) is 22.4 Å². The molecule has 0 saturated carbocycles. The molecule has 0 radical (unpaired) electrons. The molecule has 0 bridgehead atoms. The summed E-state index contributed by atoms with van der Waals surface area (Å²) in [5.74, 6) is 1.02. The van der Waals surface area contributed by atoms with Crippen molar-refractivity contribution in [3.63, 3.8) is 0 Å². The SMILES string of the molecule is O=C1CCCN1c1ccc(CNc2ncnc3ccc(Br)cc23)cc1. The predicted octanol–water partition coefficient (Wildman–Crippen LogP) is 4.13. The lowest BCUT2D eigenvalue weighted by molar-refractivity contribution is -0.117. The largest absolute Gasteiger partial charge is 0.365 e. The Hall–Kier alpha value is -2.47. The van der Waals surface area contributed by atoms with Crippen LogP contribution in [-0.2, 0) is 11.3 Å². The Kier molecular flexibility index (Phi) is 4.36. The van der Waals surface area contributed by atoms with E-state index in [1.54, 1.807) is 6.33 Å². The van der Waals surface area contributed by atoms with Gasteiger partial charge in [0.1, 0.15) is 12.1 Å². The lowest BCUT2D eigenvalue weighted by atomic mass is 10.2. The summed E-state index contributed by atoms with van der Waals surface area (Å²) < 4.78 is 0.998. The molecule has 6 heteroatoms. The second-order valence-corrected chi connectivity index (χ2v) is 6.97. The van der Waals surface area contributed by atoms with Crippen molar-refractivity contribution in [2.75, 3.05) is 16.8 Å². The number of hydrogen-bond donors (Lipinski definition) is 1. The fourth-order valence-electron chi connectivity index (χ4n) is 3.07. The summed E-state index contributed by atoms with van der Waals surface area (Å²) >= 11 is 3.49. The molecule has 1 aromatic heterocycles. The highest BCUT2D eigenvalue weighted by molar-refractivity contribution is 9.10. The van der Waals surface area contributed by atoms with Crippen LogP contribution in [0.1, 0.15) is 18.4 Å².